The Kier molecular flexibility index (Phi) is 5.49. The highest BCUT2D eigenvalue weighted by Gasteiger charge is 2.24. The smallest absolute Gasteiger partial charge is 0.293 e. The van der Waals surface area contributed by atoms with Gasteiger partial charge < -0.3 is 23.9 Å². The van der Waals surface area contributed by atoms with Gasteiger partial charge in [0.05, 0.1) is 19.0 Å². The summed E-state index contributed by atoms with van der Waals surface area (Å²) in [7, 11) is 1.67. The van der Waals surface area contributed by atoms with Crippen LogP contribution in [0.15, 0.2) is 40.0 Å². The Bertz CT molecular complexity index is 756. The molecule has 1 atom stereocenters. The molecule has 0 bridgehead atoms. The molecule has 8 nitrogen and oxygen atoms in total. The van der Waals surface area contributed by atoms with Crippen molar-refractivity contribution in [3.63, 3.8) is 0 Å². The van der Waals surface area contributed by atoms with Crippen LogP contribution in [0.1, 0.15) is 12.2 Å². The molecule has 0 radical (unpaired) electrons. The SMILES string of the molecule is Cn1ccnc(NC[C@H]2CN(C(=O)CCc3ccco3)CCO2)c1=O. The van der Waals surface area contributed by atoms with Crippen LogP contribution < -0.4 is 10.9 Å². The van der Waals surface area contributed by atoms with Gasteiger partial charge in [0.15, 0.2) is 5.82 Å². The average Bonchev–Trinajstić information content (AvgIpc) is 3.15. The summed E-state index contributed by atoms with van der Waals surface area (Å²) in [6, 6.07) is 3.69. The topological polar surface area (TPSA) is 89.6 Å². The van der Waals surface area contributed by atoms with Gasteiger partial charge in [0, 0.05) is 51.9 Å². The zero-order valence-electron chi connectivity index (χ0n) is 14.2. The van der Waals surface area contributed by atoms with E-state index in [4.69, 9.17) is 9.15 Å². The van der Waals surface area contributed by atoms with Gasteiger partial charge in [0.1, 0.15) is 5.76 Å². The summed E-state index contributed by atoms with van der Waals surface area (Å²) in [6.45, 7) is 1.99. The fraction of sp³-hybridized carbons (Fsp3) is 0.471. The summed E-state index contributed by atoms with van der Waals surface area (Å²) in [5.74, 6) is 1.18. The third kappa shape index (κ3) is 4.48. The maximum absolute atomic E-state index is 12.4. The van der Waals surface area contributed by atoms with Gasteiger partial charge in [-0.1, -0.05) is 0 Å². The second kappa shape index (κ2) is 7.98. The third-order valence-electron chi connectivity index (χ3n) is 4.17. The summed E-state index contributed by atoms with van der Waals surface area (Å²) < 4.78 is 12.4. The van der Waals surface area contributed by atoms with Crippen LogP contribution in [-0.4, -0.2) is 52.7 Å². The van der Waals surface area contributed by atoms with Crippen molar-refractivity contribution >= 4 is 11.7 Å². The molecule has 134 valence electrons. The molecule has 1 N–H and O–H groups in total. The number of nitrogens with zero attached hydrogens (tertiary/aromatic N) is 3. The van der Waals surface area contributed by atoms with E-state index in [9.17, 15) is 9.59 Å². The van der Waals surface area contributed by atoms with Crippen LogP contribution in [0.4, 0.5) is 5.82 Å². The lowest BCUT2D eigenvalue weighted by Gasteiger charge is -2.33. The van der Waals surface area contributed by atoms with Crippen LogP contribution in [0.5, 0.6) is 0 Å². The molecule has 0 aromatic carbocycles. The van der Waals surface area contributed by atoms with E-state index in [1.54, 1.807) is 30.6 Å². The predicted octanol–water partition coefficient (Wildman–Crippen LogP) is 0.645. The summed E-state index contributed by atoms with van der Waals surface area (Å²) in [5.41, 5.74) is -0.190. The van der Waals surface area contributed by atoms with E-state index >= 15 is 0 Å². The van der Waals surface area contributed by atoms with E-state index in [0.717, 1.165) is 5.76 Å². The van der Waals surface area contributed by atoms with Crippen LogP contribution in [-0.2, 0) is 23.0 Å². The van der Waals surface area contributed by atoms with Crippen LogP contribution in [0.25, 0.3) is 0 Å². The Balaban J connectivity index is 1.49. The summed E-state index contributed by atoms with van der Waals surface area (Å²) in [5, 5.41) is 3.01. The maximum atomic E-state index is 12.4. The Hall–Kier alpha value is -2.61. The number of aromatic nitrogens is 2. The van der Waals surface area contributed by atoms with E-state index in [1.807, 2.05) is 12.1 Å². The molecule has 25 heavy (non-hydrogen) atoms. The predicted molar refractivity (Wildman–Crippen MR) is 91.3 cm³/mol. The zero-order chi connectivity index (χ0) is 17.6. The van der Waals surface area contributed by atoms with Gasteiger partial charge >= 0.3 is 0 Å². The molecule has 0 spiro atoms. The van der Waals surface area contributed by atoms with Crippen molar-refractivity contribution in [2.24, 2.45) is 7.05 Å². The number of hydrogen-bond acceptors (Lipinski definition) is 6. The second-order valence-corrected chi connectivity index (χ2v) is 5.98. The number of carbonyl (C=O) groups excluding carboxylic acids is 1. The quantitative estimate of drug-likeness (QED) is 0.826. The van der Waals surface area contributed by atoms with Gasteiger partial charge in [-0.3, -0.25) is 9.59 Å². The lowest BCUT2D eigenvalue weighted by molar-refractivity contribution is -0.138. The molecular formula is C17H22N4O4. The molecule has 0 aliphatic carbocycles. The van der Waals surface area contributed by atoms with E-state index in [0.29, 0.717) is 39.1 Å². The Morgan fingerprint density at radius 1 is 1.48 bits per heavy atom. The van der Waals surface area contributed by atoms with Crippen molar-refractivity contribution in [3.8, 4) is 0 Å². The largest absolute Gasteiger partial charge is 0.469 e. The molecule has 0 unspecified atom stereocenters. The summed E-state index contributed by atoms with van der Waals surface area (Å²) in [6.07, 6.45) is 5.61. The third-order valence-corrected chi connectivity index (χ3v) is 4.17. The highest BCUT2D eigenvalue weighted by atomic mass is 16.5. The molecule has 3 rings (SSSR count). The van der Waals surface area contributed by atoms with Crippen molar-refractivity contribution in [1.82, 2.24) is 14.5 Å². The van der Waals surface area contributed by atoms with E-state index in [2.05, 4.69) is 10.3 Å². The number of amides is 1. The van der Waals surface area contributed by atoms with Crippen molar-refractivity contribution in [2.75, 3.05) is 31.6 Å². The minimum Gasteiger partial charge on any atom is -0.469 e. The van der Waals surface area contributed by atoms with Crippen LogP contribution >= 0.6 is 0 Å². The van der Waals surface area contributed by atoms with Crippen LogP contribution in [0.2, 0.25) is 0 Å². The van der Waals surface area contributed by atoms with E-state index in [-0.39, 0.29) is 23.4 Å². The molecule has 2 aromatic heterocycles. The minimum absolute atomic E-state index is 0.0819. The minimum atomic E-state index is -0.190. The molecule has 0 saturated carbocycles. The first kappa shape index (κ1) is 17.2. The first-order chi connectivity index (χ1) is 12.1. The Labute approximate surface area is 145 Å². The van der Waals surface area contributed by atoms with Gasteiger partial charge in [0.2, 0.25) is 5.91 Å². The Morgan fingerprint density at radius 3 is 3.16 bits per heavy atom. The number of furan rings is 1. The number of hydrogen-bond donors (Lipinski definition) is 1. The number of nitrogens with one attached hydrogen (secondary N) is 1. The van der Waals surface area contributed by atoms with Gasteiger partial charge in [-0.05, 0) is 12.1 Å². The molecule has 3 heterocycles. The van der Waals surface area contributed by atoms with Crippen molar-refractivity contribution in [2.45, 2.75) is 18.9 Å². The first-order valence-electron chi connectivity index (χ1n) is 8.31. The monoisotopic (exact) mass is 346 g/mol. The van der Waals surface area contributed by atoms with Crippen molar-refractivity contribution < 1.29 is 13.9 Å². The molecule has 1 saturated heterocycles. The summed E-state index contributed by atoms with van der Waals surface area (Å²) in [4.78, 5) is 30.1. The molecular weight excluding hydrogens is 324 g/mol. The van der Waals surface area contributed by atoms with E-state index in [1.165, 1.54) is 4.57 Å². The molecule has 2 aromatic rings. The summed E-state index contributed by atoms with van der Waals surface area (Å²) >= 11 is 0. The van der Waals surface area contributed by atoms with Crippen molar-refractivity contribution in [3.05, 3.63) is 46.9 Å². The number of rotatable bonds is 6. The number of morpholine rings is 1. The fourth-order valence-electron chi connectivity index (χ4n) is 2.74. The average molecular weight is 346 g/mol. The van der Waals surface area contributed by atoms with Gasteiger partial charge in [-0.2, -0.15) is 0 Å². The normalized spacial score (nSPS) is 17.5. The van der Waals surface area contributed by atoms with Gasteiger partial charge in [-0.15, -0.1) is 0 Å². The number of carbonyl (C=O) groups is 1. The number of anilines is 1. The highest BCUT2D eigenvalue weighted by Crippen LogP contribution is 2.10. The van der Waals surface area contributed by atoms with Gasteiger partial charge in [-0.25, -0.2) is 4.98 Å². The number of aryl methyl sites for hydroxylation is 2. The van der Waals surface area contributed by atoms with Crippen LogP contribution in [0.3, 0.4) is 0 Å². The number of ether oxygens (including phenoxy) is 1. The lowest BCUT2D eigenvalue weighted by Crippen LogP contribution is -2.48. The fourth-order valence-corrected chi connectivity index (χ4v) is 2.74. The first-order valence-corrected chi connectivity index (χ1v) is 8.31. The molecule has 1 amide bonds. The van der Waals surface area contributed by atoms with Crippen molar-refractivity contribution in [1.29, 1.82) is 0 Å². The lowest BCUT2D eigenvalue weighted by atomic mass is 10.2. The van der Waals surface area contributed by atoms with Gasteiger partial charge in [0.25, 0.3) is 5.56 Å². The van der Waals surface area contributed by atoms with Crippen LogP contribution in [0, 0.1) is 0 Å². The molecule has 1 fully saturated rings. The maximum Gasteiger partial charge on any atom is 0.293 e. The Morgan fingerprint density at radius 2 is 2.36 bits per heavy atom. The molecule has 1 aliphatic rings. The van der Waals surface area contributed by atoms with E-state index < -0.39 is 0 Å². The zero-order valence-corrected chi connectivity index (χ0v) is 14.2. The standard InChI is InChI=1S/C17H22N4O4/c1-20-7-6-18-16(17(20)23)19-11-14-12-21(8-10-25-14)15(22)5-4-13-3-2-9-24-13/h2-3,6-7,9,14H,4-5,8,10-12H2,1H3,(H,18,19)/t14-/m0/s1. The second-order valence-electron chi connectivity index (χ2n) is 5.98. The highest BCUT2D eigenvalue weighted by molar-refractivity contribution is 5.76. The molecule has 8 heteroatoms. The molecule has 1 aliphatic heterocycles.